The molecule has 5 nitrogen and oxygen atoms in total. The number of H-pyrrole nitrogens is 1. The zero-order valence-electron chi connectivity index (χ0n) is 12.8. The van der Waals surface area contributed by atoms with Crippen molar-refractivity contribution in [1.82, 2.24) is 15.0 Å². The van der Waals surface area contributed by atoms with Crippen LogP contribution >= 0.6 is 0 Å². The predicted molar refractivity (Wildman–Crippen MR) is 86.2 cm³/mol. The molecule has 0 unspecified atom stereocenters. The normalized spacial score (nSPS) is 11.1. The molecule has 0 amide bonds. The highest BCUT2D eigenvalue weighted by Crippen LogP contribution is 2.26. The molecule has 0 radical (unpaired) electrons. The number of aromatic amines is 1. The Labute approximate surface area is 127 Å². The van der Waals surface area contributed by atoms with Gasteiger partial charge in [-0.15, -0.1) is 0 Å². The molecular weight excluding hydrogens is 281 g/mol. The van der Waals surface area contributed by atoms with Crippen molar-refractivity contribution in [3.8, 4) is 0 Å². The van der Waals surface area contributed by atoms with Crippen LogP contribution in [-0.2, 0) is 6.54 Å². The van der Waals surface area contributed by atoms with Gasteiger partial charge in [0.1, 0.15) is 11.6 Å². The second-order valence-electron chi connectivity index (χ2n) is 5.47. The van der Waals surface area contributed by atoms with Crippen LogP contribution in [0.25, 0.3) is 10.9 Å². The van der Waals surface area contributed by atoms with Crippen molar-refractivity contribution in [2.45, 2.75) is 27.3 Å². The zero-order valence-corrected chi connectivity index (χ0v) is 12.8. The Kier molecular flexibility index (Phi) is 3.44. The number of benzene rings is 1. The van der Waals surface area contributed by atoms with Gasteiger partial charge in [-0.25, -0.2) is 9.37 Å². The van der Waals surface area contributed by atoms with Gasteiger partial charge in [-0.1, -0.05) is 0 Å². The van der Waals surface area contributed by atoms with Gasteiger partial charge in [0, 0.05) is 29.4 Å². The largest absolute Gasteiger partial charge is 0.368 e. The fourth-order valence-electron chi connectivity index (χ4n) is 2.60. The Morgan fingerprint density at radius 1 is 1.18 bits per heavy atom. The lowest BCUT2D eigenvalue weighted by Gasteiger charge is -2.08. The van der Waals surface area contributed by atoms with Gasteiger partial charge >= 0.3 is 0 Å². The lowest BCUT2D eigenvalue weighted by Crippen LogP contribution is -2.06. The summed E-state index contributed by atoms with van der Waals surface area (Å²) in [6.45, 7) is 6.27. The van der Waals surface area contributed by atoms with Crippen molar-refractivity contribution < 1.29 is 4.39 Å². The molecule has 114 valence electrons. The Morgan fingerprint density at radius 3 is 2.68 bits per heavy atom. The fraction of sp³-hybridized carbons (Fsp3) is 0.250. The van der Waals surface area contributed by atoms with E-state index in [0.29, 0.717) is 12.4 Å². The molecule has 0 saturated heterocycles. The van der Waals surface area contributed by atoms with Crippen molar-refractivity contribution in [3.05, 3.63) is 46.5 Å². The first kappa shape index (κ1) is 14.3. The van der Waals surface area contributed by atoms with Gasteiger partial charge in [-0.2, -0.15) is 4.98 Å². The minimum atomic E-state index is -0.246. The van der Waals surface area contributed by atoms with Gasteiger partial charge in [0.25, 0.3) is 0 Å². The molecule has 22 heavy (non-hydrogen) atoms. The molecule has 2 heterocycles. The molecule has 4 N–H and O–H groups in total. The van der Waals surface area contributed by atoms with Crippen LogP contribution in [0.1, 0.15) is 22.5 Å². The highest BCUT2D eigenvalue weighted by molar-refractivity contribution is 5.87. The number of hydrogen-bond acceptors (Lipinski definition) is 4. The first-order valence-electron chi connectivity index (χ1n) is 7.06. The number of nitrogen functional groups attached to an aromatic ring is 1. The molecule has 6 heteroatoms. The molecular formula is C16H18FN5. The first-order chi connectivity index (χ1) is 10.4. The molecule has 0 spiro atoms. The molecule has 0 saturated carbocycles. The van der Waals surface area contributed by atoms with Gasteiger partial charge in [-0.05, 0) is 44.0 Å². The van der Waals surface area contributed by atoms with E-state index in [1.54, 1.807) is 12.1 Å². The Hall–Kier alpha value is -2.63. The molecule has 3 rings (SSSR count). The third-order valence-electron chi connectivity index (χ3n) is 3.80. The van der Waals surface area contributed by atoms with Crippen LogP contribution in [0.4, 0.5) is 16.2 Å². The van der Waals surface area contributed by atoms with Crippen molar-refractivity contribution in [2.75, 3.05) is 11.1 Å². The Balaban J connectivity index is 1.95. The summed E-state index contributed by atoms with van der Waals surface area (Å²) < 4.78 is 13.9. The summed E-state index contributed by atoms with van der Waals surface area (Å²) >= 11 is 0. The number of nitrogens with one attached hydrogen (secondary N) is 2. The van der Waals surface area contributed by atoms with E-state index in [-0.39, 0.29) is 11.8 Å². The van der Waals surface area contributed by atoms with Gasteiger partial charge in [-0.3, -0.25) is 0 Å². The average molecular weight is 299 g/mol. The lowest BCUT2D eigenvalue weighted by molar-refractivity contribution is 0.628. The highest BCUT2D eigenvalue weighted by atomic mass is 19.1. The second kappa shape index (κ2) is 5.29. The van der Waals surface area contributed by atoms with Crippen molar-refractivity contribution >= 4 is 22.7 Å². The first-order valence-corrected chi connectivity index (χ1v) is 7.06. The summed E-state index contributed by atoms with van der Waals surface area (Å²) in [6.07, 6.45) is 0. The van der Waals surface area contributed by atoms with Gasteiger partial charge in [0.2, 0.25) is 5.95 Å². The van der Waals surface area contributed by atoms with Gasteiger partial charge in [0.05, 0.1) is 5.52 Å². The van der Waals surface area contributed by atoms with Crippen LogP contribution in [0, 0.1) is 26.6 Å². The minimum absolute atomic E-state index is 0.221. The number of nitrogens with two attached hydrogens (primary N) is 1. The van der Waals surface area contributed by atoms with E-state index in [1.165, 1.54) is 6.07 Å². The maximum Gasteiger partial charge on any atom is 0.222 e. The van der Waals surface area contributed by atoms with Crippen molar-refractivity contribution in [1.29, 1.82) is 0 Å². The average Bonchev–Trinajstić information content (AvgIpc) is 2.71. The third kappa shape index (κ3) is 2.59. The smallest absolute Gasteiger partial charge is 0.222 e. The van der Waals surface area contributed by atoms with Gasteiger partial charge < -0.3 is 16.0 Å². The van der Waals surface area contributed by atoms with E-state index in [4.69, 9.17) is 5.73 Å². The summed E-state index contributed by atoms with van der Waals surface area (Å²) in [5.74, 6) is 0.602. The number of aryl methyl sites for hydroxylation is 3. The van der Waals surface area contributed by atoms with Crippen molar-refractivity contribution in [3.63, 3.8) is 0 Å². The number of halogens is 1. The van der Waals surface area contributed by atoms with Crippen LogP contribution in [0.3, 0.4) is 0 Å². The molecule has 0 bridgehead atoms. The monoisotopic (exact) mass is 299 g/mol. The van der Waals surface area contributed by atoms with Crippen molar-refractivity contribution in [2.24, 2.45) is 0 Å². The van der Waals surface area contributed by atoms with E-state index in [2.05, 4.69) is 20.3 Å². The predicted octanol–water partition coefficient (Wildman–Crippen LogP) is 3.22. The summed E-state index contributed by atoms with van der Waals surface area (Å²) in [7, 11) is 0. The van der Waals surface area contributed by atoms with Crippen LogP contribution in [-0.4, -0.2) is 15.0 Å². The van der Waals surface area contributed by atoms with E-state index < -0.39 is 0 Å². The molecule has 1 aromatic carbocycles. The molecule has 0 aliphatic heterocycles. The van der Waals surface area contributed by atoms with E-state index >= 15 is 0 Å². The summed E-state index contributed by atoms with van der Waals surface area (Å²) in [4.78, 5) is 11.5. The molecule has 0 fully saturated rings. The molecule has 3 aromatic rings. The summed E-state index contributed by atoms with van der Waals surface area (Å²) in [5.41, 5.74) is 10.3. The Bertz CT molecular complexity index is 833. The van der Waals surface area contributed by atoms with Gasteiger partial charge in [0.15, 0.2) is 0 Å². The molecule has 0 atom stereocenters. The highest BCUT2D eigenvalue weighted by Gasteiger charge is 2.11. The van der Waals surface area contributed by atoms with E-state index in [0.717, 1.165) is 33.4 Å². The lowest BCUT2D eigenvalue weighted by atomic mass is 10.1. The van der Waals surface area contributed by atoms with E-state index in [1.807, 2.05) is 20.8 Å². The number of fused-ring (bicyclic) bond motifs is 1. The van der Waals surface area contributed by atoms with Crippen LogP contribution in [0.5, 0.6) is 0 Å². The standard InChI is InChI=1S/C16H18FN5/c1-8-4-14(22-16(18)20-8)19-7-11-5-12(17)6-13-9(2)10(3)21-15(11)13/h4-6,21H,7H2,1-3H3,(H3,18,19,20,22). The molecule has 0 aliphatic rings. The third-order valence-corrected chi connectivity index (χ3v) is 3.80. The zero-order chi connectivity index (χ0) is 15.9. The number of nitrogens with zero attached hydrogens (tertiary/aromatic N) is 2. The van der Waals surface area contributed by atoms with Crippen LogP contribution in [0.15, 0.2) is 18.2 Å². The number of hydrogen-bond donors (Lipinski definition) is 3. The fourth-order valence-corrected chi connectivity index (χ4v) is 2.60. The maximum atomic E-state index is 13.9. The van der Waals surface area contributed by atoms with Crippen LogP contribution < -0.4 is 11.1 Å². The topological polar surface area (TPSA) is 79.6 Å². The Morgan fingerprint density at radius 2 is 1.95 bits per heavy atom. The quantitative estimate of drug-likeness (QED) is 0.694. The maximum absolute atomic E-state index is 13.9. The number of rotatable bonds is 3. The second-order valence-corrected chi connectivity index (χ2v) is 5.47. The van der Waals surface area contributed by atoms with Crippen LogP contribution in [0.2, 0.25) is 0 Å². The SMILES string of the molecule is Cc1cc(NCc2cc(F)cc3c(C)c(C)[nH]c23)nc(N)n1. The number of aromatic nitrogens is 3. The minimum Gasteiger partial charge on any atom is -0.368 e. The molecule has 0 aliphatic carbocycles. The summed E-state index contributed by atoms with van der Waals surface area (Å²) in [6, 6.07) is 4.89. The molecule has 2 aromatic heterocycles. The summed E-state index contributed by atoms with van der Waals surface area (Å²) in [5, 5.41) is 4.08. The number of anilines is 2. The van der Waals surface area contributed by atoms with E-state index in [9.17, 15) is 4.39 Å².